The molecule has 6 heteroatoms. The summed E-state index contributed by atoms with van der Waals surface area (Å²) in [6, 6.07) is 19.8. The molecule has 3 aromatic rings. The summed E-state index contributed by atoms with van der Waals surface area (Å²) >= 11 is 0. The van der Waals surface area contributed by atoms with Gasteiger partial charge >= 0.3 is 0 Å². The van der Waals surface area contributed by atoms with Crippen molar-refractivity contribution in [3.8, 4) is 17.0 Å². The number of ether oxygens (including phenoxy) is 1. The van der Waals surface area contributed by atoms with Crippen molar-refractivity contribution >= 4 is 17.5 Å². The molecule has 0 unspecified atom stereocenters. The Kier molecular flexibility index (Phi) is 6.22. The highest BCUT2D eigenvalue weighted by Gasteiger charge is 2.07. The van der Waals surface area contributed by atoms with E-state index in [0.717, 1.165) is 41.6 Å². The lowest BCUT2D eigenvalue weighted by Crippen LogP contribution is -2.21. The van der Waals surface area contributed by atoms with Crippen LogP contribution in [0, 0.1) is 0 Å². The van der Waals surface area contributed by atoms with Crippen LogP contribution in [0.15, 0.2) is 60.7 Å². The SMILES string of the molecule is COc1ccc(Nc2nc(NCCN(C)C)cc(-c3ccccc3)n2)cc1. The fourth-order valence-corrected chi connectivity index (χ4v) is 2.56. The second-order valence-electron chi connectivity index (χ2n) is 6.41. The Bertz CT molecular complexity index is 850. The van der Waals surface area contributed by atoms with Crippen LogP contribution in [0.4, 0.5) is 17.5 Å². The van der Waals surface area contributed by atoms with Crippen LogP contribution in [-0.4, -0.2) is 49.2 Å². The zero-order valence-electron chi connectivity index (χ0n) is 15.9. The fraction of sp³-hybridized carbons (Fsp3) is 0.238. The van der Waals surface area contributed by atoms with Gasteiger partial charge < -0.3 is 20.3 Å². The van der Waals surface area contributed by atoms with Gasteiger partial charge in [0.2, 0.25) is 5.95 Å². The second kappa shape index (κ2) is 9.00. The Hall–Kier alpha value is -3.12. The van der Waals surface area contributed by atoms with Gasteiger partial charge in [0.15, 0.2) is 0 Å². The van der Waals surface area contributed by atoms with Crippen molar-refractivity contribution in [2.24, 2.45) is 0 Å². The van der Waals surface area contributed by atoms with Gasteiger partial charge in [-0.3, -0.25) is 0 Å². The van der Waals surface area contributed by atoms with E-state index >= 15 is 0 Å². The standard InChI is InChI=1S/C21H25N5O/c1-26(2)14-13-22-20-15-19(16-7-5-4-6-8-16)24-21(25-20)23-17-9-11-18(27-3)12-10-17/h4-12,15H,13-14H2,1-3H3,(H2,22,23,24,25). The van der Waals surface area contributed by atoms with E-state index in [2.05, 4.69) is 25.5 Å². The molecule has 27 heavy (non-hydrogen) atoms. The lowest BCUT2D eigenvalue weighted by atomic mass is 10.1. The number of hydrogen-bond acceptors (Lipinski definition) is 6. The number of methoxy groups -OCH3 is 1. The molecular weight excluding hydrogens is 338 g/mol. The number of benzene rings is 2. The van der Waals surface area contributed by atoms with E-state index in [1.807, 2.05) is 74.8 Å². The molecule has 1 aromatic heterocycles. The van der Waals surface area contributed by atoms with Gasteiger partial charge in [-0.25, -0.2) is 4.98 Å². The lowest BCUT2D eigenvalue weighted by Gasteiger charge is -2.13. The molecule has 0 aliphatic rings. The smallest absolute Gasteiger partial charge is 0.229 e. The van der Waals surface area contributed by atoms with Gasteiger partial charge in [0.25, 0.3) is 0 Å². The topological polar surface area (TPSA) is 62.3 Å². The first-order chi connectivity index (χ1) is 13.1. The van der Waals surface area contributed by atoms with E-state index in [1.54, 1.807) is 7.11 Å². The Morgan fingerprint density at radius 1 is 0.963 bits per heavy atom. The van der Waals surface area contributed by atoms with Crippen LogP contribution in [0.2, 0.25) is 0 Å². The highest BCUT2D eigenvalue weighted by Crippen LogP contribution is 2.24. The van der Waals surface area contributed by atoms with Gasteiger partial charge in [-0.15, -0.1) is 0 Å². The van der Waals surface area contributed by atoms with Crippen LogP contribution in [0.25, 0.3) is 11.3 Å². The monoisotopic (exact) mass is 363 g/mol. The van der Waals surface area contributed by atoms with Crippen LogP contribution in [0.1, 0.15) is 0 Å². The van der Waals surface area contributed by atoms with Gasteiger partial charge in [-0.05, 0) is 38.4 Å². The van der Waals surface area contributed by atoms with Crippen LogP contribution in [-0.2, 0) is 0 Å². The summed E-state index contributed by atoms with van der Waals surface area (Å²) in [5.41, 5.74) is 2.82. The van der Waals surface area contributed by atoms with Crippen molar-refractivity contribution in [3.05, 3.63) is 60.7 Å². The molecule has 0 aliphatic carbocycles. The maximum absolute atomic E-state index is 5.21. The molecule has 0 spiro atoms. The van der Waals surface area contributed by atoms with E-state index in [-0.39, 0.29) is 0 Å². The minimum absolute atomic E-state index is 0.550. The predicted molar refractivity (Wildman–Crippen MR) is 111 cm³/mol. The van der Waals surface area contributed by atoms with E-state index in [1.165, 1.54) is 0 Å². The summed E-state index contributed by atoms with van der Waals surface area (Å²) in [5.74, 6) is 2.15. The molecule has 2 N–H and O–H groups in total. The first-order valence-corrected chi connectivity index (χ1v) is 8.88. The number of likely N-dealkylation sites (N-methyl/N-ethyl adjacent to an activating group) is 1. The number of anilines is 3. The number of nitrogens with zero attached hydrogens (tertiary/aromatic N) is 3. The van der Waals surface area contributed by atoms with Crippen molar-refractivity contribution < 1.29 is 4.74 Å². The minimum atomic E-state index is 0.550. The zero-order valence-corrected chi connectivity index (χ0v) is 15.9. The highest BCUT2D eigenvalue weighted by atomic mass is 16.5. The molecule has 6 nitrogen and oxygen atoms in total. The van der Waals surface area contributed by atoms with Gasteiger partial charge in [0.1, 0.15) is 11.6 Å². The molecule has 1 heterocycles. The quantitative estimate of drug-likeness (QED) is 0.633. The van der Waals surface area contributed by atoms with Gasteiger partial charge in [-0.2, -0.15) is 4.98 Å². The van der Waals surface area contributed by atoms with Gasteiger partial charge in [-0.1, -0.05) is 30.3 Å². The highest BCUT2D eigenvalue weighted by molar-refractivity contribution is 5.66. The predicted octanol–water partition coefficient (Wildman–Crippen LogP) is 3.87. The van der Waals surface area contributed by atoms with E-state index < -0.39 is 0 Å². The Morgan fingerprint density at radius 2 is 1.70 bits per heavy atom. The van der Waals surface area contributed by atoms with Gasteiger partial charge in [0, 0.05) is 30.4 Å². The summed E-state index contributed by atoms with van der Waals surface area (Å²) in [7, 11) is 5.75. The average Bonchev–Trinajstić information content (AvgIpc) is 2.69. The third kappa shape index (κ3) is 5.43. The van der Waals surface area contributed by atoms with Crippen molar-refractivity contribution in [1.29, 1.82) is 0 Å². The summed E-state index contributed by atoms with van der Waals surface area (Å²) < 4.78 is 5.21. The van der Waals surface area contributed by atoms with E-state index in [0.29, 0.717) is 5.95 Å². The molecule has 0 fully saturated rings. The molecule has 0 aliphatic heterocycles. The van der Waals surface area contributed by atoms with Crippen molar-refractivity contribution in [2.75, 3.05) is 44.9 Å². The molecule has 0 amide bonds. The third-order valence-corrected chi connectivity index (χ3v) is 4.01. The van der Waals surface area contributed by atoms with E-state index in [9.17, 15) is 0 Å². The molecule has 0 atom stereocenters. The van der Waals surface area contributed by atoms with E-state index in [4.69, 9.17) is 4.74 Å². The summed E-state index contributed by atoms with van der Waals surface area (Å²) in [5, 5.41) is 6.65. The Morgan fingerprint density at radius 3 is 2.37 bits per heavy atom. The van der Waals surface area contributed by atoms with Crippen molar-refractivity contribution in [2.45, 2.75) is 0 Å². The molecule has 3 rings (SSSR count). The maximum Gasteiger partial charge on any atom is 0.229 e. The summed E-state index contributed by atoms with van der Waals surface area (Å²) in [6.45, 7) is 1.73. The largest absolute Gasteiger partial charge is 0.497 e. The number of hydrogen-bond donors (Lipinski definition) is 2. The average molecular weight is 363 g/mol. The van der Waals surface area contributed by atoms with Crippen LogP contribution in [0.5, 0.6) is 5.75 Å². The number of aromatic nitrogens is 2. The van der Waals surface area contributed by atoms with Crippen molar-refractivity contribution in [1.82, 2.24) is 14.9 Å². The summed E-state index contributed by atoms with van der Waals surface area (Å²) in [4.78, 5) is 11.4. The van der Waals surface area contributed by atoms with Gasteiger partial charge in [0.05, 0.1) is 12.8 Å². The number of rotatable bonds is 8. The Balaban J connectivity index is 1.86. The first kappa shape index (κ1) is 18.7. The van der Waals surface area contributed by atoms with Crippen molar-refractivity contribution in [3.63, 3.8) is 0 Å². The fourth-order valence-electron chi connectivity index (χ4n) is 2.56. The van der Waals surface area contributed by atoms with Crippen LogP contribution >= 0.6 is 0 Å². The third-order valence-electron chi connectivity index (χ3n) is 4.01. The maximum atomic E-state index is 5.21. The zero-order chi connectivity index (χ0) is 19.1. The second-order valence-corrected chi connectivity index (χ2v) is 6.41. The first-order valence-electron chi connectivity index (χ1n) is 8.88. The molecule has 2 aromatic carbocycles. The van der Waals surface area contributed by atoms with Crippen LogP contribution < -0.4 is 15.4 Å². The molecule has 0 bridgehead atoms. The van der Waals surface area contributed by atoms with Crippen LogP contribution in [0.3, 0.4) is 0 Å². The molecule has 0 saturated carbocycles. The lowest BCUT2D eigenvalue weighted by molar-refractivity contribution is 0.415. The molecule has 140 valence electrons. The molecule has 0 saturated heterocycles. The summed E-state index contributed by atoms with van der Waals surface area (Å²) in [6.07, 6.45) is 0. The molecular formula is C21H25N5O. The Labute approximate surface area is 160 Å². The molecule has 0 radical (unpaired) electrons. The normalized spacial score (nSPS) is 10.7. The minimum Gasteiger partial charge on any atom is -0.497 e. The number of nitrogens with one attached hydrogen (secondary N) is 2.